The predicted molar refractivity (Wildman–Crippen MR) is 95.4 cm³/mol. The summed E-state index contributed by atoms with van der Waals surface area (Å²) in [4.78, 5) is 27.3. The maximum Gasteiger partial charge on any atom is 0.239 e. The normalized spacial score (nSPS) is 16.0. The van der Waals surface area contributed by atoms with Crippen molar-refractivity contribution in [3.8, 4) is 5.75 Å². The van der Waals surface area contributed by atoms with Gasteiger partial charge in [0.2, 0.25) is 11.8 Å². The maximum absolute atomic E-state index is 12.8. The summed E-state index contributed by atoms with van der Waals surface area (Å²) in [5, 5.41) is 3.26. The van der Waals surface area contributed by atoms with E-state index in [-0.39, 0.29) is 11.8 Å². The monoisotopic (exact) mass is 352 g/mol. The minimum atomic E-state index is -1.16. The lowest BCUT2D eigenvalue weighted by Gasteiger charge is -2.35. The van der Waals surface area contributed by atoms with Crippen molar-refractivity contribution in [2.75, 3.05) is 25.5 Å². The molecule has 0 bridgehead atoms. The Hall–Kier alpha value is -1.75. The van der Waals surface area contributed by atoms with Crippen molar-refractivity contribution in [3.05, 3.63) is 23.2 Å². The fraction of sp³-hybridized carbons (Fsp3) is 0.556. The molecule has 1 aromatic rings. The molecule has 0 saturated carbocycles. The third-order valence-electron chi connectivity index (χ3n) is 4.58. The molecule has 0 spiro atoms. The van der Waals surface area contributed by atoms with E-state index >= 15 is 0 Å². The Bertz CT molecular complexity index is 623. The third-order valence-corrected chi connectivity index (χ3v) is 4.82. The van der Waals surface area contributed by atoms with Crippen LogP contribution in [-0.2, 0) is 9.59 Å². The van der Waals surface area contributed by atoms with Gasteiger partial charge >= 0.3 is 0 Å². The lowest BCUT2D eigenvalue weighted by molar-refractivity contribution is -0.147. The van der Waals surface area contributed by atoms with E-state index in [0.717, 1.165) is 12.8 Å². The minimum absolute atomic E-state index is 0.145. The summed E-state index contributed by atoms with van der Waals surface area (Å²) in [6.07, 6.45) is 1.96. The summed E-state index contributed by atoms with van der Waals surface area (Å²) in [5.74, 6) is 0.615. The molecule has 132 valence electrons. The molecule has 1 fully saturated rings. The quantitative estimate of drug-likeness (QED) is 0.843. The Kier molecular flexibility index (Phi) is 5.75. The first-order valence-corrected chi connectivity index (χ1v) is 8.58. The molecule has 1 aliphatic heterocycles. The molecule has 0 aliphatic carbocycles. The minimum Gasteiger partial charge on any atom is -0.495 e. The van der Waals surface area contributed by atoms with Crippen LogP contribution < -0.4 is 10.1 Å². The number of rotatable bonds is 4. The lowest BCUT2D eigenvalue weighted by Crippen LogP contribution is -2.49. The summed E-state index contributed by atoms with van der Waals surface area (Å²) < 4.78 is 5.23. The molecule has 0 radical (unpaired) electrons. The van der Waals surface area contributed by atoms with Gasteiger partial charge in [0.1, 0.15) is 11.2 Å². The molecule has 1 saturated heterocycles. The first kappa shape index (κ1) is 18.6. The molecule has 1 heterocycles. The fourth-order valence-electron chi connectivity index (χ4n) is 2.76. The van der Waals surface area contributed by atoms with Crippen molar-refractivity contribution < 1.29 is 14.3 Å². The first-order valence-electron chi connectivity index (χ1n) is 8.20. The average molecular weight is 353 g/mol. The largest absolute Gasteiger partial charge is 0.495 e. The summed E-state index contributed by atoms with van der Waals surface area (Å²) >= 11 is 5.99. The molecule has 5 nitrogen and oxygen atoms in total. The van der Waals surface area contributed by atoms with Gasteiger partial charge in [-0.15, -0.1) is 0 Å². The lowest BCUT2D eigenvalue weighted by atomic mass is 9.88. The second-order valence-corrected chi connectivity index (χ2v) is 7.33. The molecule has 6 heteroatoms. The molecule has 2 rings (SSSR count). The van der Waals surface area contributed by atoms with E-state index in [1.165, 1.54) is 7.11 Å². The second kappa shape index (κ2) is 7.43. The Labute approximate surface area is 148 Å². The number of amides is 2. The highest BCUT2D eigenvalue weighted by Crippen LogP contribution is 2.31. The number of hydrogen-bond donors (Lipinski definition) is 1. The van der Waals surface area contributed by atoms with Gasteiger partial charge in [0, 0.05) is 18.1 Å². The highest BCUT2D eigenvalue weighted by atomic mass is 35.5. The van der Waals surface area contributed by atoms with Gasteiger partial charge in [0.25, 0.3) is 0 Å². The average Bonchev–Trinajstić information content (AvgIpc) is 2.55. The molecule has 1 aromatic carbocycles. The summed E-state index contributed by atoms with van der Waals surface area (Å²) in [6.45, 7) is 6.90. The number of carbonyl (C=O) groups is 2. The summed E-state index contributed by atoms with van der Waals surface area (Å²) in [7, 11) is 1.52. The molecule has 1 aliphatic rings. The highest BCUT2D eigenvalue weighted by molar-refractivity contribution is 6.31. The predicted octanol–water partition coefficient (Wildman–Crippen LogP) is 3.57. The molecule has 0 aromatic heterocycles. The molecule has 0 atom stereocenters. The first-order chi connectivity index (χ1) is 11.3. The van der Waals surface area contributed by atoms with Crippen LogP contribution in [0.2, 0.25) is 5.02 Å². The van der Waals surface area contributed by atoms with Gasteiger partial charge in [-0.1, -0.05) is 18.5 Å². The Morgan fingerprint density at radius 2 is 1.92 bits per heavy atom. The van der Waals surface area contributed by atoms with Crippen molar-refractivity contribution in [3.63, 3.8) is 0 Å². The van der Waals surface area contributed by atoms with Gasteiger partial charge in [-0.3, -0.25) is 9.59 Å². The number of nitrogens with zero attached hydrogens (tertiary/aromatic N) is 1. The Morgan fingerprint density at radius 3 is 2.50 bits per heavy atom. The van der Waals surface area contributed by atoms with Crippen molar-refractivity contribution >= 4 is 29.1 Å². The number of carbonyl (C=O) groups excluding carboxylic acids is 2. The van der Waals surface area contributed by atoms with Gasteiger partial charge in [-0.05, 0) is 50.8 Å². The van der Waals surface area contributed by atoms with Gasteiger partial charge in [-0.25, -0.2) is 0 Å². The van der Waals surface area contributed by atoms with E-state index in [0.29, 0.717) is 35.5 Å². The van der Waals surface area contributed by atoms with Crippen LogP contribution in [0, 0.1) is 11.3 Å². The van der Waals surface area contributed by atoms with E-state index in [1.54, 1.807) is 36.9 Å². The van der Waals surface area contributed by atoms with Crippen molar-refractivity contribution in [1.82, 2.24) is 4.90 Å². The number of benzene rings is 1. The maximum atomic E-state index is 12.8. The topological polar surface area (TPSA) is 58.6 Å². The van der Waals surface area contributed by atoms with Crippen LogP contribution >= 0.6 is 11.6 Å². The molecule has 2 amide bonds. The van der Waals surface area contributed by atoms with E-state index < -0.39 is 5.41 Å². The zero-order valence-corrected chi connectivity index (χ0v) is 15.4. The van der Waals surface area contributed by atoms with Gasteiger partial charge in [0.15, 0.2) is 0 Å². The van der Waals surface area contributed by atoms with E-state index in [4.69, 9.17) is 16.3 Å². The van der Waals surface area contributed by atoms with Crippen molar-refractivity contribution in [2.24, 2.45) is 11.3 Å². The van der Waals surface area contributed by atoms with Crippen LogP contribution in [0.15, 0.2) is 18.2 Å². The van der Waals surface area contributed by atoms with Crippen LogP contribution in [0.3, 0.4) is 0 Å². The molecule has 24 heavy (non-hydrogen) atoms. The van der Waals surface area contributed by atoms with E-state index in [2.05, 4.69) is 12.2 Å². The Balaban J connectivity index is 2.12. The van der Waals surface area contributed by atoms with Crippen molar-refractivity contribution in [2.45, 2.75) is 33.6 Å². The molecular formula is C18H25ClN2O3. The van der Waals surface area contributed by atoms with E-state index in [1.807, 2.05) is 0 Å². The molecule has 1 N–H and O–H groups in total. The van der Waals surface area contributed by atoms with Crippen molar-refractivity contribution in [1.29, 1.82) is 0 Å². The van der Waals surface area contributed by atoms with Crippen LogP contribution in [0.4, 0.5) is 5.69 Å². The van der Waals surface area contributed by atoms with E-state index in [9.17, 15) is 9.59 Å². The smallest absolute Gasteiger partial charge is 0.239 e. The number of anilines is 1. The number of methoxy groups -OCH3 is 1. The summed E-state index contributed by atoms with van der Waals surface area (Å²) in [5.41, 5.74) is -0.698. The summed E-state index contributed by atoms with van der Waals surface area (Å²) in [6, 6.07) is 4.97. The number of likely N-dealkylation sites (tertiary alicyclic amines) is 1. The van der Waals surface area contributed by atoms with Crippen LogP contribution in [-0.4, -0.2) is 36.9 Å². The second-order valence-electron chi connectivity index (χ2n) is 6.90. The number of halogens is 1. The third kappa shape index (κ3) is 4.01. The molecule has 0 unspecified atom stereocenters. The van der Waals surface area contributed by atoms with Gasteiger partial charge < -0.3 is 15.0 Å². The van der Waals surface area contributed by atoms with Crippen LogP contribution in [0.1, 0.15) is 33.6 Å². The highest BCUT2D eigenvalue weighted by Gasteiger charge is 2.40. The Morgan fingerprint density at radius 1 is 1.29 bits per heavy atom. The number of hydrogen-bond acceptors (Lipinski definition) is 3. The van der Waals surface area contributed by atoms with Crippen LogP contribution in [0.5, 0.6) is 5.75 Å². The van der Waals surface area contributed by atoms with Gasteiger partial charge in [-0.2, -0.15) is 0 Å². The molecular weight excluding hydrogens is 328 g/mol. The number of nitrogens with one attached hydrogen (secondary N) is 1. The zero-order valence-electron chi connectivity index (χ0n) is 14.7. The number of piperidine rings is 1. The van der Waals surface area contributed by atoms with Crippen LogP contribution in [0.25, 0.3) is 0 Å². The standard InChI is InChI=1S/C18H25ClN2O3/c1-12-7-9-21(10-8-12)17(23)18(2,3)16(22)20-14-11-13(19)5-6-15(14)24-4/h5-6,11-12H,7-10H2,1-4H3,(H,20,22). The van der Waals surface area contributed by atoms with Gasteiger partial charge in [0.05, 0.1) is 12.8 Å². The SMILES string of the molecule is COc1ccc(Cl)cc1NC(=O)C(C)(C)C(=O)N1CCC(C)CC1. The zero-order chi connectivity index (χ0) is 17.9. The fourth-order valence-corrected chi connectivity index (χ4v) is 2.93. The number of ether oxygens (including phenoxy) is 1.